The first-order valence-corrected chi connectivity index (χ1v) is 7.83. The van der Waals surface area contributed by atoms with Crippen LogP contribution in [0.5, 0.6) is 0 Å². The molecule has 0 radical (unpaired) electrons. The summed E-state index contributed by atoms with van der Waals surface area (Å²) in [5.74, 6) is -1.75. The molecule has 0 aromatic rings. The Labute approximate surface area is 134 Å². The maximum absolute atomic E-state index is 12.2. The maximum atomic E-state index is 12.2. The lowest BCUT2D eigenvalue weighted by Gasteiger charge is -2.24. The van der Waals surface area contributed by atoms with E-state index in [1.165, 1.54) is 6.92 Å². The van der Waals surface area contributed by atoms with Crippen LogP contribution in [0.25, 0.3) is 0 Å². The second-order valence-electron chi connectivity index (χ2n) is 6.42. The quantitative estimate of drug-likeness (QED) is 0.415. The minimum Gasteiger partial charge on any atom is -0.461 e. The molecule has 0 aromatic carbocycles. The Hall–Kier alpha value is -2.11. The highest BCUT2D eigenvalue weighted by Crippen LogP contribution is 2.40. The Kier molecular flexibility index (Phi) is 4.00. The molecule has 0 spiro atoms. The molecule has 0 N–H and O–H groups in total. The van der Waals surface area contributed by atoms with Gasteiger partial charge in [0.2, 0.25) is 0 Å². The number of ether oxygens (including phenoxy) is 3. The molecule has 1 saturated heterocycles. The van der Waals surface area contributed by atoms with Crippen molar-refractivity contribution in [3.8, 4) is 0 Å². The van der Waals surface area contributed by atoms with Crippen LogP contribution in [0.2, 0.25) is 0 Å². The molecule has 23 heavy (non-hydrogen) atoms. The lowest BCUT2D eigenvalue weighted by molar-refractivity contribution is -0.148. The predicted molar refractivity (Wildman–Crippen MR) is 79.0 cm³/mol. The predicted octanol–water partition coefficient (Wildman–Crippen LogP) is 1.69. The number of hydrogen-bond acceptors (Lipinski definition) is 6. The van der Waals surface area contributed by atoms with E-state index < -0.39 is 24.1 Å². The highest BCUT2D eigenvalue weighted by atomic mass is 16.6. The second kappa shape index (κ2) is 5.83. The standard InChI is InChI=1S/C17H20O6/c1-8-4-5-12(21-10(3)18)11-7-14(23-17(11)20)15-9(2)16(19)22-13(15)6-8/h4,7,9,12-15H,5-6H2,1-3H3. The summed E-state index contributed by atoms with van der Waals surface area (Å²) in [5, 5.41) is 0. The molecule has 1 aliphatic carbocycles. The summed E-state index contributed by atoms with van der Waals surface area (Å²) >= 11 is 0. The third-order valence-electron chi connectivity index (χ3n) is 4.71. The summed E-state index contributed by atoms with van der Waals surface area (Å²) < 4.78 is 16.2. The number of fused-ring (bicyclic) bond motifs is 3. The van der Waals surface area contributed by atoms with Crippen LogP contribution in [-0.2, 0) is 28.6 Å². The molecule has 0 amide bonds. The van der Waals surface area contributed by atoms with E-state index in [0.29, 0.717) is 18.4 Å². The van der Waals surface area contributed by atoms with Crippen LogP contribution in [-0.4, -0.2) is 36.2 Å². The molecule has 2 bridgehead atoms. The van der Waals surface area contributed by atoms with Crippen molar-refractivity contribution < 1.29 is 28.6 Å². The van der Waals surface area contributed by atoms with Crippen LogP contribution >= 0.6 is 0 Å². The van der Waals surface area contributed by atoms with Gasteiger partial charge >= 0.3 is 17.9 Å². The van der Waals surface area contributed by atoms with Crippen LogP contribution in [0.15, 0.2) is 23.3 Å². The van der Waals surface area contributed by atoms with Crippen molar-refractivity contribution in [3.05, 3.63) is 23.3 Å². The Bertz CT molecular complexity index is 617. The molecule has 2 aliphatic heterocycles. The van der Waals surface area contributed by atoms with E-state index in [2.05, 4.69) is 0 Å². The summed E-state index contributed by atoms with van der Waals surface area (Å²) in [6.07, 6.45) is 3.14. The van der Waals surface area contributed by atoms with Gasteiger partial charge in [-0.3, -0.25) is 9.59 Å². The topological polar surface area (TPSA) is 78.9 Å². The van der Waals surface area contributed by atoms with Gasteiger partial charge in [0, 0.05) is 19.8 Å². The van der Waals surface area contributed by atoms with Gasteiger partial charge in [0.05, 0.1) is 17.4 Å². The number of hydrogen-bond donors (Lipinski definition) is 0. The molecular weight excluding hydrogens is 300 g/mol. The van der Waals surface area contributed by atoms with Crippen molar-refractivity contribution in [2.24, 2.45) is 11.8 Å². The average Bonchev–Trinajstić information content (AvgIpc) is 2.95. The molecule has 3 aliphatic rings. The van der Waals surface area contributed by atoms with Crippen molar-refractivity contribution in [1.82, 2.24) is 0 Å². The largest absolute Gasteiger partial charge is 0.461 e. The van der Waals surface area contributed by atoms with Gasteiger partial charge in [0.1, 0.15) is 18.3 Å². The van der Waals surface area contributed by atoms with Crippen LogP contribution in [0, 0.1) is 11.8 Å². The molecular formula is C17H20O6. The SMILES string of the molecule is CC(=O)OC1CC=C(C)CC2OC(=O)C(C)C2C2C=C1C(=O)O2. The van der Waals surface area contributed by atoms with Crippen LogP contribution in [0.1, 0.15) is 33.6 Å². The fraction of sp³-hybridized carbons (Fsp3) is 0.588. The van der Waals surface area contributed by atoms with E-state index in [1.807, 2.05) is 13.0 Å². The summed E-state index contributed by atoms with van der Waals surface area (Å²) in [7, 11) is 0. The minimum atomic E-state index is -0.648. The molecule has 0 aromatic heterocycles. The van der Waals surface area contributed by atoms with Gasteiger partial charge in [0.25, 0.3) is 0 Å². The van der Waals surface area contributed by atoms with Gasteiger partial charge in [-0.2, -0.15) is 0 Å². The Balaban J connectivity index is 1.98. The first kappa shape index (κ1) is 15.8. The van der Waals surface area contributed by atoms with Gasteiger partial charge < -0.3 is 14.2 Å². The second-order valence-corrected chi connectivity index (χ2v) is 6.42. The highest BCUT2D eigenvalue weighted by molar-refractivity contribution is 5.92. The third kappa shape index (κ3) is 2.90. The van der Waals surface area contributed by atoms with Gasteiger partial charge in [-0.15, -0.1) is 0 Å². The number of carbonyl (C=O) groups excluding carboxylic acids is 3. The third-order valence-corrected chi connectivity index (χ3v) is 4.71. The van der Waals surface area contributed by atoms with E-state index in [9.17, 15) is 14.4 Å². The average molecular weight is 320 g/mol. The van der Waals surface area contributed by atoms with E-state index in [4.69, 9.17) is 14.2 Å². The first-order chi connectivity index (χ1) is 10.9. The Morgan fingerprint density at radius 1 is 1.30 bits per heavy atom. The van der Waals surface area contributed by atoms with Crippen molar-refractivity contribution in [3.63, 3.8) is 0 Å². The van der Waals surface area contributed by atoms with Gasteiger partial charge in [-0.1, -0.05) is 18.6 Å². The van der Waals surface area contributed by atoms with Crippen LogP contribution < -0.4 is 0 Å². The van der Waals surface area contributed by atoms with E-state index in [-0.39, 0.29) is 23.9 Å². The van der Waals surface area contributed by atoms with Crippen molar-refractivity contribution >= 4 is 17.9 Å². The molecule has 124 valence electrons. The fourth-order valence-corrected chi connectivity index (χ4v) is 3.53. The van der Waals surface area contributed by atoms with E-state index in [0.717, 1.165) is 5.57 Å². The summed E-state index contributed by atoms with van der Waals surface area (Å²) in [6, 6.07) is 0. The lowest BCUT2D eigenvalue weighted by Crippen LogP contribution is -2.32. The normalized spacial score (nSPS) is 36.4. The Morgan fingerprint density at radius 2 is 2.04 bits per heavy atom. The molecule has 5 unspecified atom stereocenters. The first-order valence-electron chi connectivity index (χ1n) is 7.83. The Morgan fingerprint density at radius 3 is 2.74 bits per heavy atom. The van der Waals surface area contributed by atoms with Crippen LogP contribution in [0.3, 0.4) is 0 Å². The molecule has 6 nitrogen and oxygen atoms in total. The monoisotopic (exact) mass is 320 g/mol. The molecule has 6 heteroatoms. The van der Waals surface area contributed by atoms with Crippen LogP contribution in [0.4, 0.5) is 0 Å². The molecule has 0 saturated carbocycles. The zero-order chi connectivity index (χ0) is 16.7. The molecule has 5 atom stereocenters. The van der Waals surface area contributed by atoms with E-state index in [1.54, 1.807) is 13.0 Å². The number of carbonyl (C=O) groups is 3. The number of rotatable bonds is 1. The smallest absolute Gasteiger partial charge is 0.338 e. The van der Waals surface area contributed by atoms with Gasteiger partial charge in [0.15, 0.2) is 0 Å². The summed E-state index contributed by atoms with van der Waals surface area (Å²) in [4.78, 5) is 35.5. The summed E-state index contributed by atoms with van der Waals surface area (Å²) in [6.45, 7) is 5.05. The van der Waals surface area contributed by atoms with E-state index >= 15 is 0 Å². The van der Waals surface area contributed by atoms with Crippen molar-refractivity contribution in [1.29, 1.82) is 0 Å². The molecule has 1 fully saturated rings. The zero-order valence-electron chi connectivity index (χ0n) is 13.4. The molecule has 3 rings (SSSR count). The van der Waals surface area contributed by atoms with Crippen molar-refractivity contribution in [2.45, 2.75) is 51.9 Å². The van der Waals surface area contributed by atoms with Crippen molar-refractivity contribution in [2.75, 3.05) is 0 Å². The highest BCUT2D eigenvalue weighted by Gasteiger charge is 2.49. The number of esters is 3. The minimum absolute atomic E-state index is 0.219. The van der Waals surface area contributed by atoms with Gasteiger partial charge in [-0.25, -0.2) is 4.79 Å². The zero-order valence-corrected chi connectivity index (χ0v) is 13.4. The lowest BCUT2D eigenvalue weighted by atomic mass is 9.83. The molecule has 2 heterocycles. The fourth-order valence-electron chi connectivity index (χ4n) is 3.53. The van der Waals surface area contributed by atoms with Gasteiger partial charge in [-0.05, 0) is 13.0 Å². The summed E-state index contributed by atoms with van der Waals surface area (Å²) in [5.41, 5.74) is 1.38. The maximum Gasteiger partial charge on any atom is 0.338 e.